The van der Waals surface area contributed by atoms with Crippen molar-refractivity contribution in [3.63, 3.8) is 0 Å². The van der Waals surface area contributed by atoms with Crippen molar-refractivity contribution in [2.45, 2.75) is 25.3 Å². The molecule has 18 heavy (non-hydrogen) atoms. The Morgan fingerprint density at radius 1 is 1.39 bits per heavy atom. The lowest BCUT2D eigenvalue weighted by Crippen LogP contribution is -2.52. The number of H-pyrrole nitrogens is 1. The minimum atomic E-state index is -0.490. The first-order chi connectivity index (χ1) is 8.48. The summed E-state index contributed by atoms with van der Waals surface area (Å²) in [5, 5.41) is 15.4. The van der Waals surface area contributed by atoms with Crippen LogP contribution in [0.5, 0.6) is 5.88 Å². The first kappa shape index (κ1) is 12.6. The van der Waals surface area contributed by atoms with E-state index >= 15 is 0 Å². The predicted octanol–water partition coefficient (Wildman–Crippen LogP) is -0.0476. The van der Waals surface area contributed by atoms with E-state index in [4.69, 9.17) is 0 Å². The minimum Gasteiger partial charge on any atom is -0.494 e. The fourth-order valence-corrected chi connectivity index (χ4v) is 2.11. The number of piperidine rings is 1. The Morgan fingerprint density at radius 2 is 2.06 bits per heavy atom. The molecule has 6 nitrogen and oxygen atoms in total. The summed E-state index contributed by atoms with van der Waals surface area (Å²) in [6, 6.07) is 2.43. The number of aromatic amines is 1. The highest BCUT2D eigenvalue weighted by molar-refractivity contribution is 5.94. The molecule has 0 aromatic carbocycles. The second kappa shape index (κ2) is 4.81. The molecule has 6 heteroatoms. The van der Waals surface area contributed by atoms with Crippen LogP contribution in [-0.2, 0) is 0 Å². The SMILES string of the molecule is CC1(NC(=O)c2cc(O)[nH]c(=O)c2)CCNCC1. The second-order valence-electron chi connectivity index (χ2n) is 4.88. The van der Waals surface area contributed by atoms with Crippen molar-refractivity contribution in [2.75, 3.05) is 13.1 Å². The average Bonchev–Trinajstić information content (AvgIpc) is 2.28. The lowest BCUT2D eigenvalue weighted by Gasteiger charge is -2.35. The number of amides is 1. The summed E-state index contributed by atoms with van der Waals surface area (Å²) in [5.74, 6) is -0.635. The molecule has 4 N–H and O–H groups in total. The molecule has 98 valence electrons. The van der Waals surface area contributed by atoms with Gasteiger partial charge in [0.1, 0.15) is 0 Å². The van der Waals surface area contributed by atoms with Crippen LogP contribution < -0.4 is 16.2 Å². The maximum Gasteiger partial charge on any atom is 0.252 e. The molecule has 2 rings (SSSR count). The molecule has 0 spiro atoms. The minimum absolute atomic E-state index is 0.177. The van der Waals surface area contributed by atoms with Gasteiger partial charge in [0.2, 0.25) is 0 Å². The number of rotatable bonds is 2. The first-order valence-electron chi connectivity index (χ1n) is 5.95. The van der Waals surface area contributed by atoms with Gasteiger partial charge in [0, 0.05) is 17.7 Å². The Hall–Kier alpha value is -1.82. The van der Waals surface area contributed by atoms with Gasteiger partial charge in [0.25, 0.3) is 11.5 Å². The molecule has 0 saturated carbocycles. The van der Waals surface area contributed by atoms with E-state index in [1.165, 1.54) is 12.1 Å². The molecule has 1 aromatic heterocycles. The molecular formula is C12H17N3O3. The second-order valence-corrected chi connectivity index (χ2v) is 4.88. The highest BCUT2D eigenvalue weighted by Crippen LogP contribution is 2.18. The third-order valence-corrected chi connectivity index (χ3v) is 3.21. The maximum atomic E-state index is 12.0. The van der Waals surface area contributed by atoms with Gasteiger partial charge in [-0.3, -0.25) is 14.6 Å². The van der Waals surface area contributed by atoms with Crippen LogP contribution in [0.4, 0.5) is 0 Å². The summed E-state index contributed by atoms with van der Waals surface area (Å²) in [4.78, 5) is 25.4. The van der Waals surface area contributed by atoms with Gasteiger partial charge >= 0.3 is 0 Å². The average molecular weight is 251 g/mol. The molecule has 1 aromatic rings. The van der Waals surface area contributed by atoms with Crippen molar-refractivity contribution in [1.82, 2.24) is 15.6 Å². The number of carbonyl (C=O) groups excluding carboxylic acids is 1. The number of aromatic nitrogens is 1. The Balaban J connectivity index is 2.13. The first-order valence-corrected chi connectivity index (χ1v) is 5.95. The van der Waals surface area contributed by atoms with Crippen LogP contribution in [0, 0.1) is 0 Å². The van der Waals surface area contributed by atoms with E-state index in [0.29, 0.717) is 0 Å². The van der Waals surface area contributed by atoms with Gasteiger partial charge in [-0.25, -0.2) is 0 Å². The van der Waals surface area contributed by atoms with Gasteiger partial charge in [0.15, 0.2) is 5.88 Å². The largest absolute Gasteiger partial charge is 0.494 e. The van der Waals surface area contributed by atoms with Crippen molar-refractivity contribution in [3.8, 4) is 5.88 Å². The molecule has 0 atom stereocenters. The number of nitrogens with one attached hydrogen (secondary N) is 3. The predicted molar refractivity (Wildman–Crippen MR) is 66.7 cm³/mol. The van der Waals surface area contributed by atoms with Crippen LogP contribution in [0.2, 0.25) is 0 Å². The molecule has 0 bridgehead atoms. The lowest BCUT2D eigenvalue weighted by atomic mass is 9.90. The molecule has 0 unspecified atom stereocenters. The normalized spacial score (nSPS) is 18.3. The molecule has 1 aliphatic rings. The Kier molecular flexibility index (Phi) is 3.38. The van der Waals surface area contributed by atoms with Crippen molar-refractivity contribution in [2.24, 2.45) is 0 Å². The Morgan fingerprint density at radius 3 is 2.67 bits per heavy atom. The van der Waals surface area contributed by atoms with Crippen LogP contribution in [0.15, 0.2) is 16.9 Å². The van der Waals surface area contributed by atoms with Crippen LogP contribution >= 0.6 is 0 Å². The van der Waals surface area contributed by atoms with E-state index in [2.05, 4.69) is 15.6 Å². The van der Waals surface area contributed by atoms with Gasteiger partial charge < -0.3 is 15.7 Å². The molecule has 1 aliphatic heterocycles. The highest BCUT2D eigenvalue weighted by Gasteiger charge is 2.28. The van der Waals surface area contributed by atoms with Gasteiger partial charge in [0.05, 0.1) is 5.56 Å². The van der Waals surface area contributed by atoms with E-state index in [1.807, 2.05) is 6.92 Å². The van der Waals surface area contributed by atoms with Crippen molar-refractivity contribution in [3.05, 3.63) is 28.0 Å². The van der Waals surface area contributed by atoms with E-state index in [0.717, 1.165) is 25.9 Å². The summed E-state index contributed by atoms with van der Waals surface area (Å²) in [7, 11) is 0. The summed E-state index contributed by atoms with van der Waals surface area (Å²) >= 11 is 0. The van der Waals surface area contributed by atoms with Crippen LogP contribution in [-0.4, -0.2) is 34.6 Å². The zero-order valence-electron chi connectivity index (χ0n) is 10.2. The van der Waals surface area contributed by atoms with Gasteiger partial charge in [-0.1, -0.05) is 0 Å². The number of pyridine rings is 1. The zero-order valence-corrected chi connectivity index (χ0v) is 10.2. The lowest BCUT2D eigenvalue weighted by molar-refractivity contribution is 0.0887. The topological polar surface area (TPSA) is 94.2 Å². The third-order valence-electron chi connectivity index (χ3n) is 3.21. The number of aromatic hydroxyl groups is 1. The molecule has 0 radical (unpaired) electrons. The summed E-state index contributed by atoms with van der Waals surface area (Å²) < 4.78 is 0. The fraction of sp³-hybridized carbons (Fsp3) is 0.500. The highest BCUT2D eigenvalue weighted by atomic mass is 16.3. The van der Waals surface area contributed by atoms with E-state index in [9.17, 15) is 14.7 Å². The molecule has 0 aliphatic carbocycles. The monoisotopic (exact) mass is 251 g/mol. The van der Waals surface area contributed by atoms with Crippen LogP contribution in [0.3, 0.4) is 0 Å². The molecule has 2 heterocycles. The Bertz CT molecular complexity index is 504. The molecule has 1 fully saturated rings. The summed E-state index contributed by atoms with van der Waals surface area (Å²) in [6.45, 7) is 3.70. The van der Waals surface area contributed by atoms with Gasteiger partial charge in [-0.15, -0.1) is 0 Å². The molecule has 1 saturated heterocycles. The van der Waals surface area contributed by atoms with Crippen molar-refractivity contribution < 1.29 is 9.90 Å². The Labute approximate surface area is 104 Å². The van der Waals surface area contributed by atoms with Crippen LogP contribution in [0.25, 0.3) is 0 Å². The molecular weight excluding hydrogens is 234 g/mol. The van der Waals surface area contributed by atoms with E-state index in [-0.39, 0.29) is 22.9 Å². The zero-order chi connectivity index (χ0) is 13.2. The van der Waals surface area contributed by atoms with E-state index in [1.54, 1.807) is 0 Å². The fourth-order valence-electron chi connectivity index (χ4n) is 2.11. The van der Waals surface area contributed by atoms with Gasteiger partial charge in [-0.2, -0.15) is 0 Å². The summed E-state index contributed by atoms with van der Waals surface area (Å²) in [5.41, 5.74) is -0.577. The molecule has 1 amide bonds. The van der Waals surface area contributed by atoms with Crippen LogP contribution in [0.1, 0.15) is 30.1 Å². The van der Waals surface area contributed by atoms with E-state index < -0.39 is 5.56 Å². The summed E-state index contributed by atoms with van der Waals surface area (Å²) in [6.07, 6.45) is 1.68. The van der Waals surface area contributed by atoms with Crippen molar-refractivity contribution in [1.29, 1.82) is 0 Å². The smallest absolute Gasteiger partial charge is 0.252 e. The van der Waals surface area contributed by atoms with Crippen molar-refractivity contribution >= 4 is 5.91 Å². The van der Waals surface area contributed by atoms with Gasteiger partial charge in [-0.05, 0) is 32.9 Å². The number of hydrogen-bond acceptors (Lipinski definition) is 4. The number of carbonyl (C=O) groups is 1. The maximum absolute atomic E-state index is 12.0. The standard InChI is InChI=1S/C12H17N3O3/c1-12(2-4-13-5-3-12)15-11(18)8-6-9(16)14-10(17)7-8/h6-7,13H,2-5H2,1H3,(H,15,18)(H2,14,16,17). The third kappa shape index (κ3) is 2.89. The number of hydrogen-bond donors (Lipinski definition) is 4. The quantitative estimate of drug-likeness (QED) is 0.593.